The van der Waals surface area contributed by atoms with Crippen LogP contribution in [0.3, 0.4) is 0 Å². The van der Waals surface area contributed by atoms with Gasteiger partial charge in [0.25, 0.3) is 5.91 Å². The summed E-state index contributed by atoms with van der Waals surface area (Å²) in [4.78, 5) is 15.8. The van der Waals surface area contributed by atoms with Crippen molar-refractivity contribution in [2.45, 2.75) is 6.42 Å². The van der Waals surface area contributed by atoms with Crippen LogP contribution in [-0.4, -0.2) is 17.4 Å². The number of aromatic nitrogens is 1. The minimum atomic E-state index is -0.298. The maximum absolute atomic E-state index is 13.0. The Morgan fingerprint density at radius 1 is 1.40 bits per heavy atom. The number of anilines is 1. The van der Waals surface area contributed by atoms with E-state index in [9.17, 15) is 9.18 Å². The molecule has 0 unspecified atom stereocenters. The van der Waals surface area contributed by atoms with E-state index >= 15 is 0 Å². The van der Waals surface area contributed by atoms with Gasteiger partial charge in [-0.25, -0.2) is 9.37 Å². The zero-order chi connectivity index (χ0) is 14.5. The van der Waals surface area contributed by atoms with Gasteiger partial charge in [0.2, 0.25) is 0 Å². The number of nitrogen functional groups attached to an aromatic ring is 1. The maximum Gasteiger partial charge on any atom is 0.255 e. The summed E-state index contributed by atoms with van der Waals surface area (Å²) in [5.74, 6) is -0.404. The van der Waals surface area contributed by atoms with Crippen molar-refractivity contribution in [3.8, 4) is 0 Å². The van der Waals surface area contributed by atoms with Crippen molar-refractivity contribution < 1.29 is 9.18 Å². The molecule has 3 N–H and O–H groups in total. The van der Waals surface area contributed by atoms with Crippen molar-refractivity contribution in [3.05, 3.63) is 57.9 Å². The average molecular weight is 338 g/mol. The number of hydrogen-bond acceptors (Lipinski definition) is 3. The molecule has 20 heavy (non-hydrogen) atoms. The fourth-order valence-corrected chi connectivity index (χ4v) is 2.07. The molecule has 2 aromatic rings. The predicted molar refractivity (Wildman–Crippen MR) is 78.8 cm³/mol. The molecule has 1 aromatic heterocycles. The van der Waals surface area contributed by atoms with Gasteiger partial charge in [-0.15, -0.1) is 0 Å². The lowest BCUT2D eigenvalue weighted by atomic mass is 10.1. The summed E-state index contributed by atoms with van der Waals surface area (Å²) in [5.41, 5.74) is 6.79. The van der Waals surface area contributed by atoms with Crippen molar-refractivity contribution in [2.75, 3.05) is 12.3 Å². The summed E-state index contributed by atoms with van der Waals surface area (Å²) in [6.07, 6.45) is 2.07. The van der Waals surface area contributed by atoms with E-state index in [0.717, 1.165) is 5.56 Å². The van der Waals surface area contributed by atoms with Gasteiger partial charge in [0, 0.05) is 17.2 Å². The first-order valence-electron chi connectivity index (χ1n) is 6.00. The van der Waals surface area contributed by atoms with Crippen LogP contribution in [0.1, 0.15) is 15.9 Å². The first-order chi connectivity index (χ1) is 9.56. The van der Waals surface area contributed by atoms with Gasteiger partial charge in [-0.2, -0.15) is 0 Å². The minimum Gasteiger partial charge on any atom is -0.383 e. The van der Waals surface area contributed by atoms with Crippen LogP contribution in [0.2, 0.25) is 0 Å². The SMILES string of the molecule is Nc1ncc(Br)cc1C(=O)NCCc1cccc(F)c1. The zero-order valence-corrected chi connectivity index (χ0v) is 12.2. The number of halogens is 2. The molecule has 1 aromatic carbocycles. The maximum atomic E-state index is 13.0. The van der Waals surface area contributed by atoms with Gasteiger partial charge in [0.05, 0.1) is 5.56 Å². The Morgan fingerprint density at radius 3 is 2.95 bits per heavy atom. The molecule has 0 fully saturated rings. The number of carbonyl (C=O) groups excluding carboxylic acids is 1. The smallest absolute Gasteiger partial charge is 0.255 e. The first kappa shape index (κ1) is 14.5. The molecule has 0 spiro atoms. The number of nitrogens with one attached hydrogen (secondary N) is 1. The molecular weight excluding hydrogens is 325 g/mol. The number of rotatable bonds is 4. The largest absolute Gasteiger partial charge is 0.383 e. The highest BCUT2D eigenvalue weighted by Gasteiger charge is 2.10. The summed E-state index contributed by atoms with van der Waals surface area (Å²) in [6, 6.07) is 7.89. The van der Waals surface area contributed by atoms with Crippen LogP contribution in [0.25, 0.3) is 0 Å². The zero-order valence-electron chi connectivity index (χ0n) is 10.6. The second kappa shape index (κ2) is 6.47. The molecule has 6 heteroatoms. The molecule has 0 saturated heterocycles. The molecular formula is C14H13BrFN3O. The lowest BCUT2D eigenvalue weighted by Crippen LogP contribution is -2.26. The first-order valence-corrected chi connectivity index (χ1v) is 6.79. The number of hydrogen-bond donors (Lipinski definition) is 2. The van der Waals surface area contributed by atoms with E-state index in [-0.39, 0.29) is 17.5 Å². The predicted octanol–water partition coefficient (Wildman–Crippen LogP) is 2.54. The third-order valence-electron chi connectivity index (χ3n) is 2.72. The highest BCUT2D eigenvalue weighted by molar-refractivity contribution is 9.10. The van der Waals surface area contributed by atoms with Gasteiger partial charge >= 0.3 is 0 Å². The third-order valence-corrected chi connectivity index (χ3v) is 3.15. The molecule has 0 aliphatic heterocycles. The van der Waals surface area contributed by atoms with Crippen molar-refractivity contribution >= 4 is 27.7 Å². The van der Waals surface area contributed by atoms with Gasteiger partial charge in [-0.05, 0) is 46.1 Å². The standard InChI is InChI=1S/C14H13BrFN3O/c15-10-7-12(13(17)19-8-10)14(20)18-5-4-9-2-1-3-11(16)6-9/h1-3,6-8H,4-5H2,(H2,17,19)(H,18,20). The molecule has 0 atom stereocenters. The van der Waals surface area contributed by atoms with Gasteiger partial charge in [-0.1, -0.05) is 12.1 Å². The number of amides is 1. The Hall–Kier alpha value is -1.95. The fourth-order valence-electron chi connectivity index (χ4n) is 1.74. The Labute approximate surface area is 124 Å². The normalized spacial score (nSPS) is 10.3. The summed E-state index contributed by atoms with van der Waals surface area (Å²) in [6.45, 7) is 0.397. The van der Waals surface area contributed by atoms with Crippen LogP contribution >= 0.6 is 15.9 Å². The second-order valence-electron chi connectivity index (χ2n) is 4.22. The Balaban J connectivity index is 1.94. The van der Waals surface area contributed by atoms with E-state index in [1.54, 1.807) is 12.1 Å². The van der Waals surface area contributed by atoms with Crippen molar-refractivity contribution in [1.82, 2.24) is 10.3 Å². The molecule has 0 saturated carbocycles. The monoisotopic (exact) mass is 337 g/mol. The summed E-state index contributed by atoms with van der Waals surface area (Å²) in [5, 5.41) is 2.73. The Kier molecular flexibility index (Phi) is 4.68. The van der Waals surface area contributed by atoms with Crippen molar-refractivity contribution in [3.63, 3.8) is 0 Å². The number of benzene rings is 1. The number of pyridine rings is 1. The van der Waals surface area contributed by atoms with Crippen molar-refractivity contribution in [1.29, 1.82) is 0 Å². The molecule has 1 amide bonds. The molecule has 104 valence electrons. The van der Waals surface area contributed by atoms with Gasteiger partial charge in [-0.3, -0.25) is 4.79 Å². The Bertz CT molecular complexity index is 634. The highest BCUT2D eigenvalue weighted by Crippen LogP contribution is 2.15. The van der Waals surface area contributed by atoms with Crippen LogP contribution in [0, 0.1) is 5.82 Å². The van der Waals surface area contributed by atoms with Crippen LogP contribution in [-0.2, 0) is 6.42 Å². The molecule has 1 heterocycles. The van der Waals surface area contributed by atoms with E-state index in [1.165, 1.54) is 18.3 Å². The lowest BCUT2D eigenvalue weighted by molar-refractivity contribution is 0.0954. The van der Waals surface area contributed by atoms with Gasteiger partial charge < -0.3 is 11.1 Å². The average Bonchev–Trinajstić information content (AvgIpc) is 2.41. The highest BCUT2D eigenvalue weighted by atomic mass is 79.9. The van der Waals surface area contributed by atoms with Gasteiger partial charge in [0.1, 0.15) is 11.6 Å². The fraction of sp³-hybridized carbons (Fsp3) is 0.143. The van der Waals surface area contributed by atoms with Crippen LogP contribution in [0.5, 0.6) is 0 Å². The lowest BCUT2D eigenvalue weighted by Gasteiger charge is -2.07. The molecule has 0 bridgehead atoms. The Morgan fingerprint density at radius 2 is 2.20 bits per heavy atom. The van der Waals surface area contributed by atoms with Crippen LogP contribution in [0.15, 0.2) is 41.0 Å². The van der Waals surface area contributed by atoms with Crippen LogP contribution < -0.4 is 11.1 Å². The molecule has 0 radical (unpaired) electrons. The third kappa shape index (κ3) is 3.77. The molecule has 0 aliphatic carbocycles. The van der Waals surface area contributed by atoms with Gasteiger partial charge in [0.15, 0.2) is 0 Å². The molecule has 0 aliphatic rings. The summed E-state index contributed by atoms with van der Waals surface area (Å²) < 4.78 is 13.7. The van der Waals surface area contributed by atoms with E-state index in [2.05, 4.69) is 26.2 Å². The van der Waals surface area contributed by atoms with E-state index in [4.69, 9.17) is 5.73 Å². The number of nitrogens with two attached hydrogens (primary N) is 1. The second-order valence-corrected chi connectivity index (χ2v) is 5.14. The summed E-state index contributed by atoms with van der Waals surface area (Å²) in [7, 11) is 0. The van der Waals surface area contributed by atoms with E-state index in [1.807, 2.05) is 6.07 Å². The summed E-state index contributed by atoms with van der Waals surface area (Å²) >= 11 is 3.24. The van der Waals surface area contributed by atoms with Crippen molar-refractivity contribution in [2.24, 2.45) is 0 Å². The quantitative estimate of drug-likeness (QED) is 0.900. The minimum absolute atomic E-state index is 0.177. The van der Waals surface area contributed by atoms with E-state index in [0.29, 0.717) is 23.0 Å². The molecule has 4 nitrogen and oxygen atoms in total. The topological polar surface area (TPSA) is 68.0 Å². The van der Waals surface area contributed by atoms with E-state index < -0.39 is 0 Å². The number of carbonyl (C=O) groups is 1. The number of nitrogens with zero attached hydrogens (tertiary/aromatic N) is 1. The molecule has 2 rings (SSSR count). The van der Waals surface area contributed by atoms with Crippen LogP contribution in [0.4, 0.5) is 10.2 Å².